The molecular weight excluding hydrogens is 399 g/mol. The van der Waals surface area contributed by atoms with Gasteiger partial charge in [-0.25, -0.2) is 0 Å². The molecule has 0 unspecified atom stereocenters. The number of carbonyl (C=O) groups is 2. The van der Waals surface area contributed by atoms with E-state index in [4.69, 9.17) is 5.73 Å². The first-order valence-electron chi connectivity index (χ1n) is 8.84. The first-order valence-corrected chi connectivity index (χ1v) is 8.84. The van der Waals surface area contributed by atoms with Crippen molar-refractivity contribution in [1.82, 2.24) is 10.3 Å². The van der Waals surface area contributed by atoms with Crippen LogP contribution in [0.4, 0.5) is 5.69 Å². The van der Waals surface area contributed by atoms with E-state index < -0.39 is 5.41 Å². The molecule has 2 rings (SSSR count). The van der Waals surface area contributed by atoms with Crippen LogP contribution in [-0.4, -0.2) is 23.3 Å². The highest BCUT2D eigenvalue weighted by Crippen LogP contribution is 2.27. The fraction of sp³-hybridized carbons (Fsp3) is 0.350. The molecule has 1 aromatic heterocycles. The average molecular weight is 427 g/mol. The number of anilines is 1. The van der Waals surface area contributed by atoms with E-state index in [1.165, 1.54) is 0 Å². The molecule has 2 aromatic rings. The molecule has 0 aliphatic rings. The van der Waals surface area contributed by atoms with E-state index in [-0.39, 0.29) is 43.2 Å². The van der Waals surface area contributed by atoms with Crippen molar-refractivity contribution >= 4 is 42.3 Å². The minimum Gasteiger partial charge on any atom is -0.346 e. The number of nitrogens with two attached hydrogens (primary N) is 1. The molecule has 28 heavy (non-hydrogen) atoms. The quantitative estimate of drug-likeness (QED) is 0.600. The maximum Gasteiger partial charge on any atom is 0.251 e. The maximum absolute atomic E-state index is 12.6. The summed E-state index contributed by atoms with van der Waals surface area (Å²) < 4.78 is 0. The lowest BCUT2D eigenvalue weighted by Gasteiger charge is -2.28. The molecule has 0 saturated carbocycles. The molecule has 2 amide bonds. The second kappa shape index (κ2) is 12.3. The van der Waals surface area contributed by atoms with Crippen LogP contribution >= 0.6 is 24.8 Å². The number of pyridine rings is 1. The van der Waals surface area contributed by atoms with Crippen molar-refractivity contribution in [2.75, 3.05) is 11.9 Å². The molecule has 1 aromatic carbocycles. The molecule has 0 atom stereocenters. The number of carbonyl (C=O) groups excluding carboxylic acids is 2. The van der Waals surface area contributed by atoms with Gasteiger partial charge in [-0.2, -0.15) is 0 Å². The van der Waals surface area contributed by atoms with Crippen LogP contribution in [-0.2, 0) is 11.3 Å². The lowest BCUT2D eigenvalue weighted by molar-refractivity contribution is -0.125. The smallest absolute Gasteiger partial charge is 0.251 e. The van der Waals surface area contributed by atoms with Crippen molar-refractivity contribution in [2.45, 2.75) is 33.2 Å². The fourth-order valence-electron chi connectivity index (χ4n) is 2.73. The summed E-state index contributed by atoms with van der Waals surface area (Å²) in [5, 5.41) is 5.72. The van der Waals surface area contributed by atoms with Gasteiger partial charge in [-0.15, -0.1) is 24.8 Å². The van der Waals surface area contributed by atoms with Gasteiger partial charge in [0.1, 0.15) is 0 Å². The number of halogens is 2. The third-order valence-electron chi connectivity index (χ3n) is 4.76. The summed E-state index contributed by atoms with van der Waals surface area (Å²) >= 11 is 0. The van der Waals surface area contributed by atoms with Gasteiger partial charge >= 0.3 is 0 Å². The number of hydrogen-bond acceptors (Lipinski definition) is 4. The molecule has 154 valence electrons. The number of aromatic nitrogens is 1. The normalized spacial score (nSPS) is 10.2. The molecule has 0 fully saturated rings. The highest BCUT2D eigenvalue weighted by molar-refractivity contribution is 5.98. The summed E-state index contributed by atoms with van der Waals surface area (Å²) in [5.41, 5.74) is 7.08. The highest BCUT2D eigenvalue weighted by atomic mass is 35.5. The zero-order chi connectivity index (χ0) is 19.0. The number of benzene rings is 1. The standard InChI is InChI=1S/C20H26N4O2.2ClH/c1-3-20(4-2,14-21)19(26)24-16-10-7-8-15(12-16)18(25)23-13-17-9-5-6-11-22-17;;/h5-12H,3-4,13-14,21H2,1-2H3,(H,23,25)(H,24,26);2*1H. The van der Waals surface area contributed by atoms with Crippen LogP contribution < -0.4 is 16.4 Å². The van der Waals surface area contributed by atoms with Crippen LogP contribution in [0.3, 0.4) is 0 Å². The maximum atomic E-state index is 12.6. The average Bonchev–Trinajstić information content (AvgIpc) is 2.69. The highest BCUT2D eigenvalue weighted by Gasteiger charge is 2.33. The lowest BCUT2D eigenvalue weighted by atomic mass is 9.81. The summed E-state index contributed by atoms with van der Waals surface area (Å²) in [6.45, 7) is 4.54. The lowest BCUT2D eigenvalue weighted by Crippen LogP contribution is -2.41. The van der Waals surface area contributed by atoms with Gasteiger partial charge in [-0.1, -0.05) is 26.0 Å². The summed E-state index contributed by atoms with van der Waals surface area (Å²) in [4.78, 5) is 29.1. The van der Waals surface area contributed by atoms with E-state index >= 15 is 0 Å². The minimum absolute atomic E-state index is 0. The first kappa shape index (κ1) is 25.9. The number of rotatable bonds is 8. The second-order valence-electron chi connectivity index (χ2n) is 6.23. The molecule has 4 N–H and O–H groups in total. The van der Waals surface area contributed by atoms with E-state index in [0.29, 0.717) is 30.6 Å². The summed E-state index contributed by atoms with van der Waals surface area (Å²) in [5.74, 6) is -0.334. The van der Waals surface area contributed by atoms with E-state index in [9.17, 15) is 9.59 Å². The molecular formula is C20H28Cl2N4O2. The van der Waals surface area contributed by atoms with Gasteiger partial charge in [0.2, 0.25) is 5.91 Å². The minimum atomic E-state index is -0.586. The Bertz CT molecular complexity index is 745. The third kappa shape index (κ3) is 6.48. The van der Waals surface area contributed by atoms with Crippen LogP contribution in [0.2, 0.25) is 0 Å². The predicted octanol–water partition coefficient (Wildman–Crippen LogP) is 3.56. The van der Waals surface area contributed by atoms with Gasteiger partial charge in [0.15, 0.2) is 0 Å². The number of nitrogens with zero attached hydrogens (tertiary/aromatic N) is 1. The van der Waals surface area contributed by atoms with Gasteiger partial charge in [0.25, 0.3) is 5.91 Å². The third-order valence-corrected chi connectivity index (χ3v) is 4.76. The van der Waals surface area contributed by atoms with Gasteiger partial charge in [0, 0.05) is 24.0 Å². The Balaban J connectivity index is 0.00000364. The Labute approximate surface area is 178 Å². The topological polar surface area (TPSA) is 97.1 Å². The van der Waals surface area contributed by atoms with Gasteiger partial charge in [-0.05, 0) is 43.2 Å². The molecule has 0 spiro atoms. The molecule has 1 heterocycles. The Morgan fingerprint density at radius 1 is 1.07 bits per heavy atom. The van der Waals surface area contributed by atoms with Crippen LogP contribution in [0.15, 0.2) is 48.7 Å². The molecule has 0 bridgehead atoms. The summed E-state index contributed by atoms with van der Waals surface area (Å²) in [6, 6.07) is 12.4. The van der Waals surface area contributed by atoms with Crippen LogP contribution in [0, 0.1) is 5.41 Å². The molecule has 6 nitrogen and oxygen atoms in total. The Morgan fingerprint density at radius 2 is 1.79 bits per heavy atom. The van der Waals surface area contributed by atoms with E-state index in [0.717, 1.165) is 5.69 Å². The van der Waals surface area contributed by atoms with Gasteiger partial charge in [0.05, 0.1) is 17.7 Å². The largest absolute Gasteiger partial charge is 0.346 e. The molecule has 8 heteroatoms. The molecule has 0 radical (unpaired) electrons. The monoisotopic (exact) mass is 426 g/mol. The predicted molar refractivity (Wildman–Crippen MR) is 117 cm³/mol. The Hall–Kier alpha value is -2.15. The Morgan fingerprint density at radius 3 is 2.36 bits per heavy atom. The zero-order valence-corrected chi connectivity index (χ0v) is 17.7. The van der Waals surface area contributed by atoms with Crippen molar-refractivity contribution in [1.29, 1.82) is 0 Å². The SMILES string of the molecule is CCC(CC)(CN)C(=O)Nc1cccc(C(=O)NCc2ccccn2)c1.Cl.Cl. The number of amides is 2. The van der Waals surface area contributed by atoms with Crippen LogP contribution in [0.1, 0.15) is 42.7 Å². The van der Waals surface area contributed by atoms with Crippen LogP contribution in [0.5, 0.6) is 0 Å². The fourth-order valence-corrected chi connectivity index (χ4v) is 2.73. The second-order valence-corrected chi connectivity index (χ2v) is 6.23. The van der Waals surface area contributed by atoms with Crippen molar-refractivity contribution in [3.8, 4) is 0 Å². The summed E-state index contributed by atoms with van der Waals surface area (Å²) in [6.07, 6.45) is 3.01. The molecule has 0 aliphatic carbocycles. The van der Waals surface area contributed by atoms with E-state index in [2.05, 4.69) is 15.6 Å². The van der Waals surface area contributed by atoms with Crippen molar-refractivity contribution < 1.29 is 9.59 Å². The van der Waals surface area contributed by atoms with Gasteiger partial charge < -0.3 is 16.4 Å². The summed E-state index contributed by atoms with van der Waals surface area (Å²) in [7, 11) is 0. The number of hydrogen-bond donors (Lipinski definition) is 3. The van der Waals surface area contributed by atoms with Crippen LogP contribution in [0.25, 0.3) is 0 Å². The van der Waals surface area contributed by atoms with E-state index in [1.54, 1.807) is 30.5 Å². The van der Waals surface area contributed by atoms with Crippen molar-refractivity contribution in [3.63, 3.8) is 0 Å². The van der Waals surface area contributed by atoms with Crippen molar-refractivity contribution in [2.24, 2.45) is 11.1 Å². The molecule has 0 aliphatic heterocycles. The first-order chi connectivity index (χ1) is 12.5. The molecule has 0 saturated heterocycles. The zero-order valence-electron chi connectivity index (χ0n) is 16.1. The number of nitrogens with one attached hydrogen (secondary N) is 2. The van der Waals surface area contributed by atoms with Crippen molar-refractivity contribution in [3.05, 3.63) is 59.9 Å². The van der Waals surface area contributed by atoms with E-state index in [1.807, 2.05) is 32.0 Å². The Kier molecular flexibility index (Phi) is 11.4. The van der Waals surface area contributed by atoms with Gasteiger partial charge in [-0.3, -0.25) is 14.6 Å².